The molecule has 0 radical (unpaired) electrons. The van der Waals surface area contributed by atoms with Gasteiger partial charge in [0, 0.05) is 25.4 Å². The highest BCUT2D eigenvalue weighted by molar-refractivity contribution is 5.94. The molecule has 8 heteroatoms. The molecule has 1 aliphatic heterocycles. The standard InChI is InChI=1S/C20H22FN3O4/c1-10(2)28-19(26)14-11(3)22-17-16(18(25)24(5)20(27)23(17)4)15(14)12-8-6-7-9-13(12)21/h6-10,15,22H,1-5H3. The van der Waals surface area contributed by atoms with E-state index in [4.69, 9.17) is 4.74 Å². The summed E-state index contributed by atoms with van der Waals surface area (Å²) in [5.41, 5.74) is -0.297. The molecule has 1 aromatic carbocycles. The number of carbonyl (C=O) groups is 1. The molecule has 148 valence electrons. The Kier molecular flexibility index (Phi) is 4.97. The maximum absolute atomic E-state index is 14.7. The number of ether oxygens (including phenoxy) is 1. The molecule has 2 heterocycles. The summed E-state index contributed by atoms with van der Waals surface area (Å²) in [7, 11) is 2.86. The predicted octanol–water partition coefficient (Wildman–Crippen LogP) is 2.01. The van der Waals surface area contributed by atoms with E-state index in [1.807, 2.05) is 0 Å². The molecule has 1 atom stereocenters. The Hall–Kier alpha value is -3.16. The summed E-state index contributed by atoms with van der Waals surface area (Å²) in [6, 6.07) is 5.95. The lowest BCUT2D eigenvalue weighted by molar-refractivity contribution is -0.143. The van der Waals surface area contributed by atoms with Crippen molar-refractivity contribution in [3.8, 4) is 0 Å². The van der Waals surface area contributed by atoms with Gasteiger partial charge in [-0.25, -0.2) is 14.0 Å². The smallest absolute Gasteiger partial charge is 0.337 e. The number of hydrogen-bond donors (Lipinski definition) is 1. The van der Waals surface area contributed by atoms with Crippen molar-refractivity contribution in [2.45, 2.75) is 32.8 Å². The zero-order valence-corrected chi connectivity index (χ0v) is 16.4. The van der Waals surface area contributed by atoms with Crippen molar-refractivity contribution in [1.82, 2.24) is 9.13 Å². The number of halogens is 1. The number of allylic oxidation sites excluding steroid dienone is 1. The Morgan fingerprint density at radius 3 is 2.43 bits per heavy atom. The maximum atomic E-state index is 14.7. The summed E-state index contributed by atoms with van der Waals surface area (Å²) in [5, 5.41) is 2.97. The van der Waals surface area contributed by atoms with Gasteiger partial charge in [-0.05, 0) is 26.8 Å². The van der Waals surface area contributed by atoms with Crippen LogP contribution in [0.3, 0.4) is 0 Å². The molecular formula is C20H22FN3O4. The summed E-state index contributed by atoms with van der Waals surface area (Å²) < 4.78 is 22.3. The van der Waals surface area contributed by atoms with Gasteiger partial charge in [0.05, 0.1) is 23.2 Å². The number of hydrogen-bond acceptors (Lipinski definition) is 5. The number of nitrogens with one attached hydrogen (secondary N) is 1. The van der Waals surface area contributed by atoms with Gasteiger partial charge in [-0.3, -0.25) is 13.9 Å². The Labute approximate surface area is 161 Å². The van der Waals surface area contributed by atoms with Crippen molar-refractivity contribution >= 4 is 11.8 Å². The second-order valence-electron chi connectivity index (χ2n) is 7.04. The Morgan fingerprint density at radius 2 is 1.82 bits per heavy atom. The lowest BCUT2D eigenvalue weighted by Gasteiger charge is -2.31. The highest BCUT2D eigenvalue weighted by Crippen LogP contribution is 2.40. The molecule has 0 spiro atoms. The number of rotatable bonds is 3. The zero-order chi connectivity index (χ0) is 20.7. The summed E-state index contributed by atoms with van der Waals surface area (Å²) >= 11 is 0. The Bertz CT molecular complexity index is 1110. The fourth-order valence-corrected chi connectivity index (χ4v) is 3.46. The van der Waals surface area contributed by atoms with E-state index < -0.39 is 35.1 Å². The molecule has 2 aromatic rings. The van der Waals surface area contributed by atoms with Crippen molar-refractivity contribution in [2.75, 3.05) is 5.32 Å². The van der Waals surface area contributed by atoms with E-state index in [1.54, 1.807) is 26.8 Å². The topological polar surface area (TPSA) is 82.3 Å². The minimum Gasteiger partial charge on any atom is -0.460 e. The molecule has 0 saturated carbocycles. The minimum absolute atomic E-state index is 0.121. The number of aromatic nitrogens is 2. The molecule has 1 aliphatic rings. The minimum atomic E-state index is -1.01. The summed E-state index contributed by atoms with van der Waals surface area (Å²) in [5.74, 6) is -1.97. The van der Waals surface area contributed by atoms with E-state index in [-0.39, 0.29) is 22.5 Å². The predicted molar refractivity (Wildman–Crippen MR) is 103 cm³/mol. The number of benzene rings is 1. The molecule has 7 nitrogen and oxygen atoms in total. The van der Waals surface area contributed by atoms with E-state index in [0.717, 1.165) is 4.57 Å². The van der Waals surface area contributed by atoms with Crippen LogP contribution in [0, 0.1) is 5.82 Å². The van der Waals surface area contributed by atoms with E-state index in [2.05, 4.69) is 5.32 Å². The normalized spacial score (nSPS) is 16.0. The van der Waals surface area contributed by atoms with Crippen LogP contribution in [0.1, 0.15) is 37.8 Å². The van der Waals surface area contributed by atoms with Crippen LogP contribution in [-0.2, 0) is 23.6 Å². The molecule has 1 aromatic heterocycles. The van der Waals surface area contributed by atoms with Crippen LogP contribution in [-0.4, -0.2) is 21.2 Å². The number of carbonyl (C=O) groups excluding carboxylic acids is 1. The van der Waals surface area contributed by atoms with Crippen molar-refractivity contribution in [2.24, 2.45) is 14.1 Å². The molecule has 28 heavy (non-hydrogen) atoms. The van der Waals surface area contributed by atoms with Gasteiger partial charge in [0.1, 0.15) is 11.6 Å². The first-order chi connectivity index (χ1) is 13.1. The fourth-order valence-electron chi connectivity index (χ4n) is 3.46. The van der Waals surface area contributed by atoms with E-state index >= 15 is 0 Å². The quantitative estimate of drug-likeness (QED) is 0.815. The average Bonchev–Trinajstić information content (AvgIpc) is 2.63. The van der Waals surface area contributed by atoms with Gasteiger partial charge in [0.2, 0.25) is 0 Å². The number of esters is 1. The second-order valence-corrected chi connectivity index (χ2v) is 7.04. The average molecular weight is 387 g/mol. The molecular weight excluding hydrogens is 365 g/mol. The number of nitrogens with zero attached hydrogens (tertiary/aromatic N) is 2. The van der Waals surface area contributed by atoms with Crippen LogP contribution in [0.5, 0.6) is 0 Å². The first-order valence-electron chi connectivity index (χ1n) is 8.88. The van der Waals surface area contributed by atoms with Gasteiger partial charge >= 0.3 is 11.7 Å². The highest BCUT2D eigenvalue weighted by atomic mass is 19.1. The van der Waals surface area contributed by atoms with Gasteiger partial charge in [0.25, 0.3) is 5.56 Å². The lowest BCUT2D eigenvalue weighted by Crippen LogP contribution is -2.43. The van der Waals surface area contributed by atoms with Gasteiger partial charge in [-0.1, -0.05) is 18.2 Å². The van der Waals surface area contributed by atoms with Crippen molar-refractivity contribution in [3.05, 3.63) is 73.3 Å². The molecule has 1 unspecified atom stereocenters. The van der Waals surface area contributed by atoms with Crippen LogP contribution in [0.2, 0.25) is 0 Å². The van der Waals surface area contributed by atoms with Crippen molar-refractivity contribution in [1.29, 1.82) is 0 Å². The van der Waals surface area contributed by atoms with Gasteiger partial charge in [0.15, 0.2) is 0 Å². The van der Waals surface area contributed by atoms with Gasteiger partial charge in [-0.15, -0.1) is 0 Å². The largest absolute Gasteiger partial charge is 0.460 e. The maximum Gasteiger partial charge on any atom is 0.337 e. The third-order valence-corrected chi connectivity index (χ3v) is 4.77. The van der Waals surface area contributed by atoms with Gasteiger partial charge < -0.3 is 10.1 Å². The monoisotopic (exact) mass is 387 g/mol. The van der Waals surface area contributed by atoms with E-state index in [9.17, 15) is 18.8 Å². The fraction of sp³-hybridized carbons (Fsp3) is 0.350. The third-order valence-electron chi connectivity index (χ3n) is 4.77. The molecule has 3 rings (SSSR count). The van der Waals surface area contributed by atoms with E-state index in [0.29, 0.717) is 5.70 Å². The first kappa shape index (κ1) is 19.6. The Morgan fingerprint density at radius 1 is 1.18 bits per heavy atom. The van der Waals surface area contributed by atoms with Crippen molar-refractivity contribution < 1.29 is 13.9 Å². The first-order valence-corrected chi connectivity index (χ1v) is 8.88. The molecule has 0 bridgehead atoms. The van der Waals surface area contributed by atoms with Crippen LogP contribution in [0.25, 0.3) is 0 Å². The Balaban J connectivity index is 2.39. The molecule has 0 saturated heterocycles. The summed E-state index contributed by atoms with van der Waals surface area (Å²) in [4.78, 5) is 38.2. The number of anilines is 1. The molecule has 0 amide bonds. The van der Waals surface area contributed by atoms with Crippen LogP contribution < -0.4 is 16.6 Å². The second kappa shape index (κ2) is 7.10. The van der Waals surface area contributed by atoms with Crippen molar-refractivity contribution in [3.63, 3.8) is 0 Å². The van der Waals surface area contributed by atoms with E-state index in [1.165, 1.54) is 36.9 Å². The summed E-state index contributed by atoms with van der Waals surface area (Å²) in [6.45, 7) is 5.05. The van der Waals surface area contributed by atoms with Crippen LogP contribution in [0.4, 0.5) is 10.2 Å². The number of fused-ring (bicyclic) bond motifs is 1. The SMILES string of the molecule is CC1=C(C(=O)OC(C)C)C(c2ccccc2F)c2c(n(C)c(=O)n(C)c2=O)N1. The highest BCUT2D eigenvalue weighted by Gasteiger charge is 2.38. The van der Waals surface area contributed by atoms with Crippen LogP contribution >= 0.6 is 0 Å². The molecule has 0 fully saturated rings. The van der Waals surface area contributed by atoms with Crippen LogP contribution in [0.15, 0.2) is 45.1 Å². The lowest BCUT2D eigenvalue weighted by atomic mass is 9.82. The summed E-state index contributed by atoms with van der Waals surface area (Å²) in [6.07, 6.45) is -0.390. The molecule has 0 aliphatic carbocycles. The molecule has 1 N–H and O–H groups in total. The zero-order valence-electron chi connectivity index (χ0n) is 16.4. The van der Waals surface area contributed by atoms with Gasteiger partial charge in [-0.2, -0.15) is 0 Å². The third kappa shape index (κ3) is 3.04.